The molecule has 2 N–H and O–H groups in total. The summed E-state index contributed by atoms with van der Waals surface area (Å²) in [4.78, 5) is 18.8. The largest absolute Gasteiger partial charge is 0.466 e. The Labute approximate surface area is 226 Å². The Bertz CT molecular complexity index is 1700. The van der Waals surface area contributed by atoms with E-state index >= 15 is 4.39 Å². The summed E-state index contributed by atoms with van der Waals surface area (Å²) in [6.07, 6.45) is 1.68. The van der Waals surface area contributed by atoms with Crippen molar-refractivity contribution in [3.8, 4) is 22.9 Å². The number of hydrogen-bond acceptors (Lipinski definition) is 5. The Kier molecular flexibility index (Phi) is 7.54. The fraction of sp³-hybridized carbons (Fsp3) is 0.207. The zero-order chi connectivity index (χ0) is 28.4. The Morgan fingerprint density at radius 1 is 1.02 bits per heavy atom. The monoisotopic (exact) mass is 552 g/mol. The molecule has 5 aromatic rings. The summed E-state index contributed by atoms with van der Waals surface area (Å²) in [6, 6.07) is 10.9. The number of H-pyrrole nitrogens is 2. The molecule has 0 fully saturated rings. The molecule has 206 valence electrons. The van der Waals surface area contributed by atoms with E-state index in [0.717, 1.165) is 12.1 Å². The first-order valence-electron chi connectivity index (χ1n) is 12.5. The van der Waals surface area contributed by atoms with Crippen LogP contribution in [0, 0.1) is 23.3 Å². The minimum atomic E-state index is -0.932. The molecule has 3 aromatic carbocycles. The molecule has 0 radical (unpaired) electrons. The van der Waals surface area contributed by atoms with Gasteiger partial charge in [-0.05, 0) is 48.7 Å². The minimum absolute atomic E-state index is 0.0381. The number of rotatable bonds is 9. The number of fused-ring (bicyclic) bond motifs is 1. The van der Waals surface area contributed by atoms with E-state index in [0.29, 0.717) is 11.1 Å². The van der Waals surface area contributed by atoms with Gasteiger partial charge in [0.1, 0.15) is 23.2 Å². The smallest absolute Gasteiger partial charge is 0.306 e. The van der Waals surface area contributed by atoms with Gasteiger partial charge in [0.15, 0.2) is 23.2 Å². The molecule has 0 aliphatic rings. The first kappa shape index (κ1) is 26.9. The first-order chi connectivity index (χ1) is 19.3. The lowest BCUT2D eigenvalue weighted by molar-refractivity contribution is -0.143. The Hall–Kier alpha value is -4.67. The number of nitrogens with one attached hydrogen (secondary N) is 2. The van der Waals surface area contributed by atoms with Crippen LogP contribution in [0.1, 0.15) is 43.1 Å². The number of esters is 1. The van der Waals surface area contributed by atoms with Gasteiger partial charge in [-0.1, -0.05) is 25.1 Å². The van der Waals surface area contributed by atoms with Crippen molar-refractivity contribution in [2.75, 3.05) is 6.61 Å². The van der Waals surface area contributed by atoms with Crippen LogP contribution in [0.15, 0.2) is 54.7 Å². The second-order valence-corrected chi connectivity index (χ2v) is 9.08. The third-order valence-electron chi connectivity index (χ3n) is 6.49. The molecular formula is C29H24F4N4O3. The third kappa shape index (κ3) is 5.27. The lowest BCUT2D eigenvalue weighted by Gasteiger charge is -2.13. The topological polar surface area (TPSA) is 92.9 Å². The average molecular weight is 553 g/mol. The molecule has 11 heteroatoms. The van der Waals surface area contributed by atoms with Gasteiger partial charge in [0, 0.05) is 30.0 Å². The van der Waals surface area contributed by atoms with E-state index in [2.05, 4.69) is 20.2 Å². The second-order valence-electron chi connectivity index (χ2n) is 9.08. The van der Waals surface area contributed by atoms with E-state index in [1.807, 2.05) is 0 Å². The zero-order valence-corrected chi connectivity index (χ0v) is 21.5. The molecule has 2 aromatic heterocycles. The summed E-state index contributed by atoms with van der Waals surface area (Å²) >= 11 is 0. The number of benzene rings is 3. The van der Waals surface area contributed by atoms with Crippen molar-refractivity contribution in [2.24, 2.45) is 0 Å². The van der Waals surface area contributed by atoms with E-state index in [-0.39, 0.29) is 53.3 Å². The minimum Gasteiger partial charge on any atom is -0.466 e. The molecule has 2 heterocycles. The van der Waals surface area contributed by atoms with E-state index in [1.165, 1.54) is 24.4 Å². The van der Waals surface area contributed by atoms with Gasteiger partial charge in [-0.3, -0.25) is 9.89 Å². The number of carbonyl (C=O) groups is 1. The highest BCUT2D eigenvalue weighted by Gasteiger charge is 2.22. The molecule has 0 bridgehead atoms. The third-order valence-corrected chi connectivity index (χ3v) is 6.49. The van der Waals surface area contributed by atoms with Crippen molar-refractivity contribution >= 4 is 16.9 Å². The SMILES string of the molecule is CCOC(=O)CCc1cccc([C@@H](C)c2nc(-c3cc(Oc4c(F)cc5[nH]ccc5c4F)ccc3F)n[nH]2)c1F. The molecule has 0 aliphatic heterocycles. The van der Waals surface area contributed by atoms with Gasteiger partial charge in [-0.15, -0.1) is 0 Å². The fourth-order valence-corrected chi connectivity index (χ4v) is 4.40. The number of aryl methyl sites for hydroxylation is 1. The molecule has 0 unspecified atom stereocenters. The molecule has 40 heavy (non-hydrogen) atoms. The molecule has 7 nitrogen and oxygen atoms in total. The van der Waals surface area contributed by atoms with E-state index in [1.54, 1.807) is 32.0 Å². The average Bonchev–Trinajstić information content (AvgIpc) is 3.61. The molecule has 5 rings (SSSR count). The van der Waals surface area contributed by atoms with Crippen molar-refractivity contribution < 1.29 is 31.8 Å². The normalized spacial score (nSPS) is 12.1. The Morgan fingerprint density at radius 3 is 2.65 bits per heavy atom. The summed E-state index contributed by atoms with van der Waals surface area (Å²) in [5.41, 5.74) is 0.850. The van der Waals surface area contributed by atoms with Crippen molar-refractivity contribution in [3.63, 3.8) is 0 Å². The lowest BCUT2D eigenvalue weighted by atomic mass is 9.96. The van der Waals surface area contributed by atoms with Gasteiger partial charge in [-0.25, -0.2) is 22.5 Å². The van der Waals surface area contributed by atoms with Crippen molar-refractivity contribution in [3.05, 3.63) is 94.9 Å². The Balaban J connectivity index is 1.39. The number of hydrogen-bond donors (Lipinski definition) is 2. The maximum absolute atomic E-state index is 15.3. The second kappa shape index (κ2) is 11.2. The predicted octanol–water partition coefficient (Wildman–Crippen LogP) is 6.95. The van der Waals surface area contributed by atoms with Crippen LogP contribution in [0.3, 0.4) is 0 Å². The van der Waals surface area contributed by atoms with Gasteiger partial charge in [0.05, 0.1) is 17.7 Å². The number of nitrogens with zero attached hydrogens (tertiary/aromatic N) is 2. The summed E-state index contributed by atoms with van der Waals surface area (Å²) in [5, 5.41) is 6.93. The number of ether oxygens (including phenoxy) is 2. The number of aromatic nitrogens is 4. The van der Waals surface area contributed by atoms with Crippen LogP contribution in [-0.4, -0.2) is 32.7 Å². The van der Waals surface area contributed by atoms with Gasteiger partial charge in [0.2, 0.25) is 0 Å². The van der Waals surface area contributed by atoms with Crippen LogP contribution in [0.4, 0.5) is 17.6 Å². The molecule has 0 aliphatic carbocycles. The number of aromatic amines is 2. The summed E-state index contributed by atoms with van der Waals surface area (Å²) in [5.74, 6) is -4.48. The predicted molar refractivity (Wildman–Crippen MR) is 139 cm³/mol. The maximum Gasteiger partial charge on any atom is 0.306 e. The fourth-order valence-electron chi connectivity index (χ4n) is 4.40. The van der Waals surface area contributed by atoms with Crippen molar-refractivity contribution in [1.82, 2.24) is 20.2 Å². The molecule has 0 spiro atoms. The van der Waals surface area contributed by atoms with Crippen LogP contribution in [0.5, 0.6) is 11.5 Å². The van der Waals surface area contributed by atoms with E-state index < -0.39 is 40.9 Å². The quantitative estimate of drug-likeness (QED) is 0.153. The van der Waals surface area contributed by atoms with Crippen LogP contribution in [0.25, 0.3) is 22.3 Å². The van der Waals surface area contributed by atoms with Crippen molar-refractivity contribution in [2.45, 2.75) is 32.6 Å². The lowest BCUT2D eigenvalue weighted by Crippen LogP contribution is -2.08. The highest BCUT2D eigenvalue weighted by Crippen LogP contribution is 2.35. The van der Waals surface area contributed by atoms with Crippen LogP contribution in [0.2, 0.25) is 0 Å². The van der Waals surface area contributed by atoms with Gasteiger partial charge < -0.3 is 14.5 Å². The zero-order valence-electron chi connectivity index (χ0n) is 21.5. The van der Waals surface area contributed by atoms with Gasteiger partial charge >= 0.3 is 5.97 Å². The maximum atomic E-state index is 15.3. The standard InChI is InChI=1S/C29H24F4N4O3/c1-3-39-24(38)10-7-16-5-4-6-18(25(16)32)15(2)28-35-29(37-36-28)20-13-17(8-9-21(20)30)40-27-22(31)14-23-19(26(27)33)11-12-34-23/h4-6,8-9,11-15,34H,3,7,10H2,1-2H3,(H,35,36,37)/t15-/m1/s1. The highest BCUT2D eigenvalue weighted by atomic mass is 19.1. The summed E-state index contributed by atoms with van der Waals surface area (Å²) < 4.78 is 69.8. The van der Waals surface area contributed by atoms with Crippen LogP contribution >= 0.6 is 0 Å². The summed E-state index contributed by atoms with van der Waals surface area (Å²) in [6.45, 7) is 3.65. The molecule has 1 atom stereocenters. The number of carbonyl (C=O) groups excluding carboxylic acids is 1. The molecule has 0 saturated heterocycles. The molecule has 0 amide bonds. The first-order valence-corrected chi connectivity index (χ1v) is 12.5. The van der Waals surface area contributed by atoms with E-state index in [9.17, 15) is 18.0 Å². The van der Waals surface area contributed by atoms with Gasteiger partial charge in [-0.2, -0.15) is 5.10 Å². The Morgan fingerprint density at radius 2 is 1.85 bits per heavy atom. The van der Waals surface area contributed by atoms with Crippen molar-refractivity contribution in [1.29, 1.82) is 0 Å². The van der Waals surface area contributed by atoms with Crippen LogP contribution in [-0.2, 0) is 16.0 Å². The van der Waals surface area contributed by atoms with Crippen LogP contribution < -0.4 is 4.74 Å². The molecular weight excluding hydrogens is 528 g/mol. The van der Waals surface area contributed by atoms with Gasteiger partial charge in [0.25, 0.3) is 0 Å². The summed E-state index contributed by atoms with van der Waals surface area (Å²) in [7, 11) is 0. The number of halogens is 4. The van der Waals surface area contributed by atoms with E-state index in [4.69, 9.17) is 9.47 Å². The molecule has 0 saturated carbocycles. The highest BCUT2D eigenvalue weighted by molar-refractivity contribution is 5.82.